The van der Waals surface area contributed by atoms with Gasteiger partial charge in [-0.2, -0.15) is 0 Å². The fraction of sp³-hybridized carbons (Fsp3) is 0.421. The summed E-state index contributed by atoms with van der Waals surface area (Å²) in [6.45, 7) is 7.46. The van der Waals surface area contributed by atoms with Crippen LogP contribution in [0.25, 0.3) is 0 Å². The van der Waals surface area contributed by atoms with Crippen molar-refractivity contribution in [2.24, 2.45) is 4.99 Å². The van der Waals surface area contributed by atoms with E-state index in [-0.39, 0.29) is 0 Å². The number of guanidine groups is 1. The maximum absolute atomic E-state index is 5.74. The van der Waals surface area contributed by atoms with Crippen molar-refractivity contribution < 1.29 is 4.74 Å². The van der Waals surface area contributed by atoms with Crippen LogP contribution in [0.15, 0.2) is 41.4 Å². The van der Waals surface area contributed by atoms with Gasteiger partial charge in [0.25, 0.3) is 0 Å². The van der Waals surface area contributed by atoms with Gasteiger partial charge in [-0.05, 0) is 44.0 Å². The molecule has 0 amide bonds. The molecule has 1 aromatic heterocycles. The molecule has 0 radical (unpaired) electrons. The van der Waals surface area contributed by atoms with Crippen LogP contribution in [0.2, 0.25) is 0 Å². The van der Waals surface area contributed by atoms with Crippen molar-refractivity contribution in [1.29, 1.82) is 0 Å². The second-order valence-electron chi connectivity index (χ2n) is 5.96. The molecule has 0 fully saturated rings. The molecule has 128 valence electrons. The normalized spacial score (nSPS) is 17.1. The molecule has 1 aliphatic heterocycles. The van der Waals surface area contributed by atoms with Crippen molar-refractivity contribution in [2.45, 2.75) is 32.7 Å². The molecular formula is C19H25N3OS. The second-order valence-corrected chi connectivity index (χ2v) is 7.33. The molecule has 24 heavy (non-hydrogen) atoms. The zero-order valence-corrected chi connectivity index (χ0v) is 15.2. The topological polar surface area (TPSA) is 45.7 Å². The maximum atomic E-state index is 5.74. The molecule has 2 heterocycles. The number of rotatable bonds is 5. The molecule has 0 aliphatic carbocycles. The second kappa shape index (κ2) is 8.20. The summed E-state index contributed by atoms with van der Waals surface area (Å²) in [5, 5.41) is 6.83. The number of nitrogens with zero attached hydrogens (tertiary/aromatic N) is 1. The SMILES string of the molecule is CCNC(=NCc1ccc(C)s1)NCC1CCOc2ccccc21. The minimum absolute atomic E-state index is 0.461. The Labute approximate surface area is 148 Å². The molecule has 0 spiro atoms. The maximum Gasteiger partial charge on any atom is 0.191 e. The van der Waals surface area contributed by atoms with Gasteiger partial charge in [0.15, 0.2) is 5.96 Å². The van der Waals surface area contributed by atoms with E-state index in [0.29, 0.717) is 5.92 Å². The third kappa shape index (κ3) is 4.29. The molecule has 2 aromatic rings. The summed E-state index contributed by atoms with van der Waals surface area (Å²) in [6, 6.07) is 12.6. The first-order valence-electron chi connectivity index (χ1n) is 8.55. The van der Waals surface area contributed by atoms with E-state index in [0.717, 1.165) is 44.4 Å². The Morgan fingerprint density at radius 2 is 2.12 bits per heavy atom. The number of thiophene rings is 1. The molecule has 0 saturated heterocycles. The number of aryl methyl sites for hydroxylation is 1. The van der Waals surface area contributed by atoms with Crippen LogP contribution in [-0.4, -0.2) is 25.7 Å². The summed E-state index contributed by atoms with van der Waals surface area (Å²) in [5.41, 5.74) is 1.29. The molecule has 1 aromatic carbocycles. The van der Waals surface area contributed by atoms with E-state index in [1.165, 1.54) is 15.3 Å². The monoisotopic (exact) mass is 343 g/mol. The molecule has 1 unspecified atom stereocenters. The van der Waals surface area contributed by atoms with Crippen LogP contribution in [-0.2, 0) is 6.54 Å². The minimum Gasteiger partial charge on any atom is -0.493 e. The molecule has 1 atom stereocenters. The number of para-hydroxylation sites is 1. The highest BCUT2D eigenvalue weighted by atomic mass is 32.1. The average molecular weight is 343 g/mol. The lowest BCUT2D eigenvalue weighted by Crippen LogP contribution is -2.40. The number of benzene rings is 1. The van der Waals surface area contributed by atoms with Crippen LogP contribution >= 0.6 is 11.3 Å². The van der Waals surface area contributed by atoms with E-state index in [1.807, 2.05) is 6.07 Å². The first-order valence-corrected chi connectivity index (χ1v) is 9.37. The van der Waals surface area contributed by atoms with Crippen molar-refractivity contribution in [3.8, 4) is 5.75 Å². The third-order valence-corrected chi connectivity index (χ3v) is 5.12. The van der Waals surface area contributed by atoms with Gasteiger partial charge in [0.1, 0.15) is 5.75 Å². The Morgan fingerprint density at radius 3 is 2.92 bits per heavy atom. The van der Waals surface area contributed by atoms with Crippen LogP contribution in [0.4, 0.5) is 0 Å². The van der Waals surface area contributed by atoms with E-state index >= 15 is 0 Å². The van der Waals surface area contributed by atoms with Crippen LogP contribution in [0.5, 0.6) is 5.75 Å². The predicted octanol–water partition coefficient (Wildman–Crippen LogP) is 3.68. The lowest BCUT2D eigenvalue weighted by Gasteiger charge is -2.26. The van der Waals surface area contributed by atoms with Crippen molar-refractivity contribution in [1.82, 2.24) is 10.6 Å². The van der Waals surface area contributed by atoms with Crippen molar-refractivity contribution in [3.05, 3.63) is 51.7 Å². The first kappa shape index (κ1) is 16.8. The highest BCUT2D eigenvalue weighted by molar-refractivity contribution is 7.11. The lowest BCUT2D eigenvalue weighted by molar-refractivity contribution is 0.267. The van der Waals surface area contributed by atoms with Crippen LogP contribution in [0, 0.1) is 6.92 Å². The summed E-state index contributed by atoms with van der Waals surface area (Å²) in [4.78, 5) is 7.33. The average Bonchev–Trinajstić information content (AvgIpc) is 3.03. The van der Waals surface area contributed by atoms with E-state index in [4.69, 9.17) is 9.73 Å². The van der Waals surface area contributed by atoms with E-state index in [1.54, 1.807) is 11.3 Å². The fourth-order valence-corrected chi connectivity index (χ4v) is 3.73. The highest BCUT2D eigenvalue weighted by Crippen LogP contribution is 2.32. The van der Waals surface area contributed by atoms with E-state index in [9.17, 15) is 0 Å². The Balaban J connectivity index is 1.62. The lowest BCUT2D eigenvalue weighted by atomic mass is 9.93. The van der Waals surface area contributed by atoms with Gasteiger partial charge in [0, 0.05) is 28.8 Å². The van der Waals surface area contributed by atoms with Gasteiger partial charge >= 0.3 is 0 Å². The Hall–Kier alpha value is -2.01. The first-order chi connectivity index (χ1) is 11.8. The number of hydrogen-bond acceptors (Lipinski definition) is 3. The fourth-order valence-electron chi connectivity index (χ4n) is 2.92. The number of hydrogen-bond donors (Lipinski definition) is 2. The van der Waals surface area contributed by atoms with Gasteiger partial charge in [0.05, 0.1) is 13.2 Å². The molecule has 0 bridgehead atoms. The van der Waals surface area contributed by atoms with Gasteiger partial charge in [-0.15, -0.1) is 11.3 Å². The van der Waals surface area contributed by atoms with Crippen LogP contribution < -0.4 is 15.4 Å². The molecule has 0 saturated carbocycles. The number of ether oxygens (including phenoxy) is 1. The van der Waals surface area contributed by atoms with Gasteiger partial charge in [0.2, 0.25) is 0 Å². The van der Waals surface area contributed by atoms with Gasteiger partial charge in [-0.1, -0.05) is 18.2 Å². The minimum atomic E-state index is 0.461. The summed E-state index contributed by atoms with van der Waals surface area (Å²) in [6.07, 6.45) is 1.04. The Morgan fingerprint density at radius 1 is 1.25 bits per heavy atom. The van der Waals surface area contributed by atoms with E-state index < -0.39 is 0 Å². The molecule has 2 N–H and O–H groups in total. The standard InChI is InChI=1S/C19H25N3OS/c1-3-20-19(22-13-16-9-8-14(2)24-16)21-12-15-10-11-23-18-7-5-4-6-17(15)18/h4-9,15H,3,10-13H2,1-2H3,(H2,20,21,22). The largest absolute Gasteiger partial charge is 0.493 e. The quantitative estimate of drug-likeness (QED) is 0.643. The summed E-state index contributed by atoms with van der Waals surface area (Å²) < 4.78 is 5.74. The summed E-state index contributed by atoms with van der Waals surface area (Å²) >= 11 is 1.81. The molecule has 5 heteroatoms. The Bertz CT molecular complexity index is 695. The van der Waals surface area contributed by atoms with Gasteiger partial charge in [-0.3, -0.25) is 0 Å². The number of nitrogens with one attached hydrogen (secondary N) is 2. The highest BCUT2D eigenvalue weighted by Gasteiger charge is 2.21. The van der Waals surface area contributed by atoms with Crippen molar-refractivity contribution >= 4 is 17.3 Å². The van der Waals surface area contributed by atoms with E-state index in [2.05, 4.69) is 54.8 Å². The Kier molecular flexibility index (Phi) is 5.75. The predicted molar refractivity (Wildman–Crippen MR) is 101 cm³/mol. The van der Waals surface area contributed by atoms with Gasteiger partial charge < -0.3 is 15.4 Å². The zero-order valence-electron chi connectivity index (χ0n) is 14.3. The summed E-state index contributed by atoms with van der Waals surface area (Å²) in [7, 11) is 0. The van der Waals surface area contributed by atoms with Crippen LogP contribution in [0.1, 0.15) is 34.6 Å². The van der Waals surface area contributed by atoms with Gasteiger partial charge in [-0.25, -0.2) is 4.99 Å². The molecule has 1 aliphatic rings. The smallest absolute Gasteiger partial charge is 0.191 e. The van der Waals surface area contributed by atoms with Crippen molar-refractivity contribution in [2.75, 3.05) is 19.7 Å². The zero-order chi connectivity index (χ0) is 16.8. The number of aliphatic imine (C=N–C) groups is 1. The summed E-state index contributed by atoms with van der Waals surface area (Å²) in [5.74, 6) is 2.36. The van der Waals surface area contributed by atoms with Crippen molar-refractivity contribution in [3.63, 3.8) is 0 Å². The third-order valence-electron chi connectivity index (χ3n) is 4.13. The molecular weight excluding hydrogens is 318 g/mol. The molecule has 4 nitrogen and oxygen atoms in total. The number of fused-ring (bicyclic) bond motifs is 1. The molecule has 3 rings (SSSR count). The van der Waals surface area contributed by atoms with Crippen LogP contribution in [0.3, 0.4) is 0 Å².